The van der Waals surface area contributed by atoms with Crippen molar-refractivity contribution in [2.24, 2.45) is 0 Å². The maximum atomic E-state index is 12.5. The summed E-state index contributed by atoms with van der Waals surface area (Å²) in [5, 5.41) is 1.96. The molecule has 0 N–H and O–H groups in total. The van der Waals surface area contributed by atoms with E-state index in [-0.39, 0.29) is 6.42 Å². The number of hydrogen-bond acceptors (Lipinski definition) is 4. The van der Waals surface area contributed by atoms with Crippen molar-refractivity contribution in [2.75, 3.05) is 13.1 Å². The van der Waals surface area contributed by atoms with Crippen LogP contribution in [0.25, 0.3) is 0 Å². The van der Waals surface area contributed by atoms with Crippen LogP contribution in [0.5, 0.6) is 0 Å². The number of thiophene rings is 1. The minimum Gasteiger partial charge on any atom is -0.274 e. The van der Waals surface area contributed by atoms with E-state index in [0.29, 0.717) is 25.9 Å². The quantitative estimate of drug-likeness (QED) is 0.759. The lowest BCUT2D eigenvalue weighted by atomic mass is 10.1. The van der Waals surface area contributed by atoms with Crippen LogP contribution in [0.1, 0.15) is 16.9 Å². The van der Waals surface area contributed by atoms with Gasteiger partial charge in [0.1, 0.15) is 6.42 Å². The van der Waals surface area contributed by atoms with E-state index < -0.39 is 17.8 Å². The van der Waals surface area contributed by atoms with Crippen molar-refractivity contribution < 1.29 is 14.4 Å². The van der Waals surface area contributed by atoms with E-state index in [1.807, 2.05) is 47.8 Å². The van der Waals surface area contributed by atoms with Crippen LogP contribution in [-0.2, 0) is 22.4 Å². The van der Waals surface area contributed by atoms with Gasteiger partial charge in [0.2, 0.25) is 11.8 Å². The van der Waals surface area contributed by atoms with Crippen molar-refractivity contribution in [3.05, 3.63) is 58.3 Å². The largest absolute Gasteiger partial charge is 0.333 e. The molecule has 0 saturated carbocycles. The fourth-order valence-electron chi connectivity index (χ4n) is 2.68. The van der Waals surface area contributed by atoms with E-state index in [2.05, 4.69) is 0 Å². The maximum Gasteiger partial charge on any atom is 0.333 e. The average Bonchev–Trinajstić information content (AvgIpc) is 3.08. The molecule has 2 heterocycles. The highest BCUT2D eigenvalue weighted by molar-refractivity contribution is 7.09. The lowest BCUT2D eigenvalue weighted by Crippen LogP contribution is -2.55. The van der Waals surface area contributed by atoms with Crippen LogP contribution in [0, 0.1) is 0 Å². The normalized spacial score (nSPS) is 15.2. The molecule has 2 aromatic rings. The van der Waals surface area contributed by atoms with Gasteiger partial charge in [-0.05, 0) is 29.9 Å². The summed E-state index contributed by atoms with van der Waals surface area (Å²) in [4.78, 5) is 40.2. The minimum absolute atomic E-state index is 0.231. The fraction of sp³-hybridized carbons (Fsp3) is 0.278. The Morgan fingerprint density at radius 2 is 1.50 bits per heavy atom. The minimum atomic E-state index is -0.497. The Morgan fingerprint density at radius 1 is 0.833 bits per heavy atom. The van der Waals surface area contributed by atoms with Crippen LogP contribution < -0.4 is 0 Å². The van der Waals surface area contributed by atoms with Crippen LogP contribution in [0.3, 0.4) is 0 Å². The van der Waals surface area contributed by atoms with Crippen LogP contribution in [0.4, 0.5) is 4.79 Å². The summed E-state index contributed by atoms with van der Waals surface area (Å²) in [6, 6.07) is 13.1. The molecule has 124 valence electrons. The van der Waals surface area contributed by atoms with E-state index in [4.69, 9.17) is 0 Å². The van der Waals surface area contributed by atoms with Crippen molar-refractivity contribution in [1.82, 2.24) is 9.80 Å². The smallest absolute Gasteiger partial charge is 0.274 e. The van der Waals surface area contributed by atoms with Gasteiger partial charge in [0.25, 0.3) is 0 Å². The molecule has 0 unspecified atom stereocenters. The molecule has 3 rings (SSSR count). The molecule has 1 aliphatic heterocycles. The summed E-state index contributed by atoms with van der Waals surface area (Å²) in [5.41, 5.74) is 1.06. The van der Waals surface area contributed by atoms with Gasteiger partial charge in [-0.15, -0.1) is 11.3 Å². The van der Waals surface area contributed by atoms with Gasteiger partial charge >= 0.3 is 6.03 Å². The number of carbonyl (C=O) groups is 3. The summed E-state index contributed by atoms with van der Waals surface area (Å²) >= 11 is 1.59. The number of hydrogen-bond donors (Lipinski definition) is 0. The number of carbonyl (C=O) groups excluding carboxylic acids is 3. The highest BCUT2D eigenvalue weighted by Gasteiger charge is 2.37. The summed E-state index contributed by atoms with van der Waals surface area (Å²) in [5.74, 6) is -0.814. The van der Waals surface area contributed by atoms with E-state index in [9.17, 15) is 14.4 Å². The summed E-state index contributed by atoms with van der Waals surface area (Å²) in [6.45, 7) is 0.609. The van der Waals surface area contributed by atoms with E-state index >= 15 is 0 Å². The molecule has 1 saturated heterocycles. The van der Waals surface area contributed by atoms with E-state index in [1.54, 1.807) is 11.3 Å². The van der Waals surface area contributed by atoms with Gasteiger partial charge in [0, 0.05) is 18.0 Å². The van der Waals surface area contributed by atoms with Gasteiger partial charge in [-0.1, -0.05) is 36.4 Å². The Balaban J connectivity index is 1.64. The molecule has 1 aromatic carbocycles. The molecule has 0 bridgehead atoms. The summed E-state index contributed by atoms with van der Waals surface area (Å²) in [6.07, 6.45) is 0.978. The third kappa shape index (κ3) is 3.71. The zero-order chi connectivity index (χ0) is 16.9. The van der Waals surface area contributed by atoms with Crippen molar-refractivity contribution >= 4 is 29.2 Å². The molecule has 0 aliphatic carbocycles. The monoisotopic (exact) mass is 342 g/mol. The van der Waals surface area contributed by atoms with Crippen molar-refractivity contribution in [1.29, 1.82) is 0 Å². The Hall–Kier alpha value is -2.47. The molecule has 5 nitrogen and oxygen atoms in total. The number of imide groups is 2. The van der Waals surface area contributed by atoms with Gasteiger partial charge in [-0.2, -0.15) is 0 Å². The van der Waals surface area contributed by atoms with Gasteiger partial charge < -0.3 is 0 Å². The summed E-state index contributed by atoms with van der Waals surface area (Å²) in [7, 11) is 0. The molecule has 24 heavy (non-hydrogen) atoms. The first-order chi connectivity index (χ1) is 11.6. The molecule has 1 aromatic heterocycles. The highest BCUT2D eigenvalue weighted by atomic mass is 32.1. The van der Waals surface area contributed by atoms with Gasteiger partial charge in [-0.3, -0.25) is 19.4 Å². The number of urea groups is 1. The number of rotatable bonds is 6. The Labute approximate surface area is 144 Å². The summed E-state index contributed by atoms with van der Waals surface area (Å²) < 4.78 is 0. The molecule has 6 heteroatoms. The third-order valence-electron chi connectivity index (χ3n) is 4.00. The van der Waals surface area contributed by atoms with Crippen LogP contribution >= 0.6 is 11.3 Å². The number of benzene rings is 1. The first-order valence-electron chi connectivity index (χ1n) is 7.86. The van der Waals surface area contributed by atoms with Gasteiger partial charge in [0.15, 0.2) is 0 Å². The highest BCUT2D eigenvalue weighted by Crippen LogP contribution is 2.16. The third-order valence-corrected chi connectivity index (χ3v) is 4.93. The first-order valence-corrected chi connectivity index (χ1v) is 8.74. The zero-order valence-corrected chi connectivity index (χ0v) is 14.0. The van der Waals surface area contributed by atoms with Crippen molar-refractivity contribution in [3.8, 4) is 0 Å². The number of barbiturate groups is 1. The maximum absolute atomic E-state index is 12.5. The molecular weight excluding hydrogens is 324 g/mol. The standard InChI is InChI=1S/C18H18N2O3S/c21-16-13-17(22)20(11-9-15-7-4-12-24-15)18(23)19(16)10-8-14-5-2-1-3-6-14/h1-7,12H,8-11,13H2. The SMILES string of the molecule is O=C1CC(=O)N(CCc2cccs2)C(=O)N1CCc1ccccc1. The van der Waals surface area contributed by atoms with Gasteiger partial charge in [0.05, 0.1) is 0 Å². The second-order valence-corrected chi connectivity index (χ2v) is 6.65. The van der Waals surface area contributed by atoms with Gasteiger partial charge in [-0.25, -0.2) is 4.79 Å². The van der Waals surface area contributed by atoms with E-state index in [0.717, 1.165) is 10.4 Å². The van der Waals surface area contributed by atoms with Crippen LogP contribution in [-0.4, -0.2) is 40.7 Å². The first kappa shape index (κ1) is 16.4. The lowest BCUT2D eigenvalue weighted by Gasteiger charge is -2.32. The fourth-order valence-corrected chi connectivity index (χ4v) is 3.38. The Bertz CT molecular complexity index is 728. The Kier molecular flexibility index (Phi) is 5.05. The topological polar surface area (TPSA) is 57.7 Å². The second kappa shape index (κ2) is 7.40. The lowest BCUT2D eigenvalue weighted by molar-refractivity contribution is -0.142. The zero-order valence-electron chi connectivity index (χ0n) is 13.2. The Morgan fingerprint density at radius 3 is 2.12 bits per heavy atom. The van der Waals surface area contributed by atoms with E-state index in [1.165, 1.54) is 9.80 Å². The predicted octanol–water partition coefficient (Wildman–Crippen LogP) is 2.71. The number of nitrogens with zero attached hydrogens (tertiary/aromatic N) is 2. The van der Waals surface area contributed by atoms with Crippen LogP contribution in [0.15, 0.2) is 47.8 Å². The predicted molar refractivity (Wildman–Crippen MR) is 91.6 cm³/mol. The van der Waals surface area contributed by atoms with Crippen molar-refractivity contribution in [3.63, 3.8) is 0 Å². The number of amides is 4. The van der Waals surface area contributed by atoms with Crippen molar-refractivity contribution in [2.45, 2.75) is 19.3 Å². The average molecular weight is 342 g/mol. The molecule has 1 aliphatic rings. The second-order valence-electron chi connectivity index (χ2n) is 5.62. The van der Waals surface area contributed by atoms with Crippen LogP contribution in [0.2, 0.25) is 0 Å². The molecule has 0 radical (unpaired) electrons. The molecule has 0 atom stereocenters. The molecule has 4 amide bonds. The molecule has 0 spiro atoms. The molecular formula is C18H18N2O3S. The molecule has 1 fully saturated rings.